The van der Waals surface area contributed by atoms with Crippen molar-refractivity contribution in [2.75, 3.05) is 13.7 Å². The lowest BCUT2D eigenvalue weighted by atomic mass is 10.1. The summed E-state index contributed by atoms with van der Waals surface area (Å²) in [4.78, 5) is 12.0. The number of carbonyl (C=O) groups excluding carboxylic acids is 1. The van der Waals surface area contributed by atoms with Crippen LogP contribution in [0.1, 0.15) is 23.0 Å². The fourth-order valence-electron chi connectivity index (χ4n) is 1.89. The van der Waals surface area contributed by atoms with Crippen LogP contribution in [0.3, 0.4) is 0 Å². The lowest BCUT2D eigenvalue weighted by Gasteiger charge is -2.12. The number of carbonyl (C=O) groups is 1. The Morgan fingerprint density at radius 1 is 1.56 bits per heavy atom. The van der Waals surface area contributed by atoms with Crippen molar-refractivity contribution in [1.82, 2.24) is 15.5 Å². The smallest absolute Gasteiger partial charge is 0.251 e. The molecule has 0 spiro atoms. The summed E-state index contributed by atoms with van der Waals surface area (Å²) in [6, 6.07) is 5.49. The number of nitrogens with one attached hydrogen (secondary N) is 2. The largest absolute Gasteiger partial charge is 0.383 e. The third kappa shape index (κ3) is 2.51. The molecule has 0 bridgehead atoms. The van der Waals surface area contributed by atoms with Crippen LogP contribution in [0.25, 0.3) is 10.9 Å². The summed E-state index contributed by atoms with van der Waals surface area (Å²) in [6.45, 7) is 4.32. The van der Waals surface area contributed by atoms with E-state index < -0.39 is 0 Å². The number of nitrogens with zero attached hydrogens (tertiary/aromatic N) is 1. The number of methoxy groups -OCH3 is 1. The molecule has 0 aliphatic heterocycles. The Labute approximate surface area is 106 Å². The molecule has 0 aliphatic carbocycles. The molecule has 5 nitrogen and oxygen atoms in total. The van der Waals surface area contributed by atoms with Gasteiger partial charge in [0.1, 0.15) is 0 Å². The van der Waals surface area contributed by atoms with Gasteiger partial charge in [0.15, 0.2) is 0 Å². The second kappa shape index (κ2) is 5.18. The van der Waals surface area contributed by atoms with Gasteiger partial charge in [0.2, 0.25) is 0 Å². The minimum Gasteiger partial charge on any atom is -0.383 e. The molecule has 2 aromatic rings. The molecule has 0 saturated heterocycles. The molecule has 2 N–H and O–H groups in total. The Hall–Kier alpha value is -1.88. The third-order valence-electron chi connectivity index (χ3n) is 2.81. The van der Waals surface area contributed by atoms with Crippen molar-refractivity contribution in [2.24, 2.45) is 0 Å². The number of aryl methyl sites for hydroxylation is 1. The molecular weight excluding hydrogens is 230 g/mol. The zero-order valence-electron chi connectivity index (χ0n) is 10.8. The first-order valence-corrected chi connectivity index (χ1v) is 5.86. The predicted octanol–water partition coefficient (Wildman–Crippen LogP) is 1.64. The maximum absolute atomic E-state index is 12.0. The molecule has 1 heterocycles. The molecule has 1 aromatic carbocycles. The van der Waals surface area contributed by atoms with E-state index in [1.807, 2.05) is 26.0 Å². The predicted molar refractivity (Wildman–Crippen MR) is 69.6 cm³/mol. The van der Waals surface area contributed by atoms with Crippen LogP contribution in [0.15, 0.2) is 18.2 Å². The average molecular weight is 247 g/mol. The van der Waals surface area contributed by atoms with Crippen LogP contribution in [0, 0.1) is 6.92 Å². The van der Waals surface area contributed by atoms with Crippen LogP contribution >= 0.6 is 0 Å². The molecule has 1 aromatic heterocycles. The van der Waals surface area contributed by atoms with Gasteiger partial charge in [-0.2, -0.15) is 5.10 Å². The van der Waals surface area contributed by atoms with Crippen LogP contribution in [0.4, 0.5) is 0 Å². The second-order valence-corrected chi connectivity index (χ2v) is 4.40. The number of H-pyrrole nitrogens is 1. The minimum absolute atomic E-state index is 0.0105. The number of ether oxygens (including phenoxy) is 1. The van der Waals surface area contributed by atoms with Gasteiger partial charge in [-0.3, -0.25) is 9.89 Å². The summed E-state index contributed by atoms with van der Waals surface area (Å²) in [6.07, 6.45) is 0. The summed E-state index contributed by atoms with van der Waals surface area (Å²) < 4.78 is 4.99. The van der Waals surface area contributed by atoms with E-state index in [1.54, 1.807) is 13.2 Å². The summed E-state index contributed by atoms with van der Waals surface area (Å²) in [5.41, 5.74) is 2.47. The van der Waals surface area contributed by atoms with Gasteiger partial charge in [0.05, 0.1) is 17.8 Å². The Morgan fingerprint density at radius 3 is 3.06 bits per heavy atom. The number of aromatic amines is 1. The van der Waals surface area contributed by atoms with Crippen molar-refractivity contribution in [1.29, 1.82) is 0 Å². The van der Waals surface area contributed by atoms with Gasteiger partial charge >= 0.3 is 0 Å². The highest BCUT2D eigenvalue weighted by Gasteiger charge is 2.11. The molecule has 0 saturated carbocycles. The normalized spacial score (nSPS) is 12.6. The van der Waals surface area contributed by atoms with E-state index >= 15 is 0 Å². The van der Waals surface area contributed by atoms with E-state index in [2.05, 4.69) is 15.5 Å². The topological polar surface area (TPSA) is 67.0 Å². The maximum Gasteiger partial charge on any atom is 0.251 e. The first-order chi connectivity index (χ1) is 8.61. The van der Waals surface area contributed by atoms with Crippen LogP contribution in [-0.2, 0) is 4.74 Å². The van der Waals surface area contributed by atoms with Crippen LogP contribution < -0.4 is 5.32 Å². The number of hydrogen-bond donors (Lipinski definition) is 2. The molecular formula is C13H17N3O2. The van der Waals surface area contributed by atoms with Crippen LogP contribution in [0.2, 0.25) is 0 Å². The Morgan fingerprint density at radius 2 is 2.33 bits per heavy atom. The van der Waals surface area contributed by atoms with E-state index in [0.717, 1.165) is 16.6 Å². The lowest BCUT2D eigenvalue weighted by molar-refractivity contribution is 0.0905. The SMILES string of the molecule is COC[C@H](C)NC(=O)c1ccc2[nH]nc(C)c2c1. The first-order valence-electron chi connectivity index (χ1n) is 5.86. The first kappa shape index (κ1) is 12.6. The maximum atomic E-state index is 12.0. The van der Waals surface area contributed by atoms with E-state index in [-0.39, 0.29) is 11.9 Å². The van der Waals surface area contributed by atoms with Crippen molar-refractivity contribution in [2.45, 2.75) is 19.9 Å². The Balaban J connectivity index is 2.20. The van der Waals surface area contributed by atoms with Gasteiger partial charge in [-0.15, -0.1) is 0 Å². The van der Waals surface area contributed by atoms with Crippen molar-refractivity contribution in [3.05, 3.63) is 29.5 Å². The highest BCUT2D eigenvalue weighted by Crippen LogP contribution is 2.16. The third-order valence-corrected chi connectivity index (χ3v) is 2.81. The quantitative estimate of drug-likeness (QED) is 0.863. The van der Waals surface area contributed by atoms with Crippen molar-refractivity contribution in [3.63, 3.8) is 0 Å². The van der Waals surface area contributed by atoms with Gasteiger partial charge in [0.25, 0.3) is 5.91 Å². The summed E-state index contributed by atoms with van der Waals surface area (Å²) in [5, 5.41) is 10.9. The summed E-state index contributed by atoms with van der Waals surface area (Å²) in [7, 11) is 1.61. The van der Waals surface area contributed by atoms with Gasteiger partial charge in [-0.05, 0) is 32.0 Å². The standard InChI is InChI=1S/C13H17N3O2/c1-8(7-18-3)14-13(17)10-4-5-12-11(6-10)9(2)15-16-12/h4-6,8H,7H2,1-3H3,(H,14,17)(H,15,16)/t8-/m0/s1. The second-order valence-electron chi connectivity index (χ2n) is 4.40. The molecule has 96 valence electrons. The van der Waals surface area contributed by atoms with Gasteiger partial charge in [-0.25, -0.2) is 0 Å². The average Bonchev–Trinajstić information content (AvgIpc) is 2.71. The fourth-order valence-corrected chi connectivity index (χ4v) is 1.89. The summed E-state index contributed by atoms with van der Waals surface area (Å²) >= 11 is 0. The number of fused-ring (bicyclic) bond motifs is 1. The van der Waals surface area contributed by atoms with Crippen molar-refractivity contribution >= 4 is 16.8 Å². The monoisotopic (exact) mass is 247 g/mol. The number of hydrogen-bond acceptors (Lipinski definition) is 3. The molecule has 18 heavy (non-hydrogen) atoms. The molecule has 0 fully saturated rings. The molecule has 0 unspecified atom stereocenters. The minimum atomic E-state index is -0.0953. The molecule has 0 aliphatic rings. The highest BCUT2D eigenvalue weighted by atomic mass is 16.5. The molecule has 0 radical (unpaired) electrons. The molecule has 1 amide bonds. The number of rotatable bonds is 4. The molecule has 1 atom stereocenters. The summed E-state index contributed by atoms with van der Waals surface area (Å²) in [5.74, 6) is -0.0953. The number of amides is 1. The van der Waals surface area contributed by atoms with Crippen LogP contribution in [0.5, 0.6) is 0 Å². The van der Waals surface area contributed by atoms with E-state index in [4.69, 9.17) is 4.74 Å². The van der Waals surface area contributed by atoms with Crippen molar-refractivity contribution < 1.29 is 9.53 Å². The van der Waals surface area contributed by atoms with Gasteiger partial charge in [0, 0.05) is 24.1 Å². The van der Waals surface area contributed by atoms with E-state index in [9.17, 15) is 4.79 Å². The molecule has 5 heteroatoms. The fraction of sp³-hybridized carbons (Fsp3) is 0.385. The number of benzene rings is 1. The van der Waals surface area contributed by atoms with E-state index in [1.165, 1.54) is 0 Å². The van der Waals surface area contributed by atoms with Gasteiger partial charge < -0.3 is 10.1 Å². The van der Waals surface area contributed by atoms with E-state index in [0.29, 0.717) is 12.2 Å². The Bertz CT molecular complexity index is 562. The molecule has 2 rings (SSSR count). The van der Waals surface area contributed by atoms with Crippen molar-refractivity contribution in [3.8, 4) is 0 Å². The number of aromatic nitrogens is 2. The highest BCUT2D eigenvalue weighted by molar-refractivity contribution is 5.98. The zero-order chi connectivity index (χ0) is 13.1. The lowest BCUT2D eigenvalue weighted by Crippen LogP contribution is -2.35. The van der Waals surface area contributed by atoms with Crippen LogP contribution in [-0.4, -0.2) is 35.9 Å². The van der Waals surface area contributed by atoms with Gasteiger partial charge in [-0.1, -0.05) is 0 Å². The Kier molecular flexibility index (Phi) is 3.62. The zero-order valence-corrected chi connectivity index (χ0v) is 10.8.